The van der Waals surface area contributed by atoms with Crippen molar-refractivity contribution in [2.45, 2.75) is 50.2 Å². The van der Waals surface area contributed by atoms with Gasteiger partial charge < -0.3 is 20.5 Å². The number of alkyl halides is 1. The lowest BCUT2D eigenvalue weighted by Crippen LogP contribution is -2.43. The van der Waals surface area contributed by atoms with Gasteiger partial charge in [0.15, 0.2) is 5.82 Å². The zero-order valence-electron chi connectivity index (χ0n) is 23.3. The highest BCUT2D eigenvalue weighted by Crippen LogP contribution is 2.44. The molecular formula is C30H30ClF2IN6O3. The van der Waals surface area contributed by atoms with Crippen LogP contribution in [-0.4, -0.2) is 70.4 Å². The van der Waals surface area contributed by atoms with Crippen LogP contribution >= 0.6 is 34.2 Å². The van der Waals surface area contributed by atoms with Crippen molar-refractivity contribution in [3.8, 4) is 23.2 Å². The van der Waals surface area contributed by atoms with Crippen LogP contribution in [0, 0.1) is 26.6 Å². The highest BCUT2D eigenvalue weighted by molar-refractivity contribution is 14.1. The van der Waals surface area contributed by atoms with Gasteiger partial charge in [0.25, 0.3) is 0 Å². The zero-order chi connectivity index (χ0) is 30.5. The van der Waals surface area contributed by atoms with Crippen LogP contribution in [0.3, 0.4) is 0 Å². The Hall–Kier alpha value is -3.02. The number of nitriles is 1. The second kappa shape index (κ2) is 11.8. The summed E-state index contributed by atoms with van der Waals surface area (Å²) in [4.78, 5) is 25.0. The molecule has 226 valence electrons. The van der Waals surface area contributed by atoms with Crippen molar-refractivity contribution >= 4 is 62.6 Å². The first-order valence-corrected chi connectivity index (χ1v) is 15.8. The standard InChI is InChI=1S/C30H30ClF2IN6O3/c31-20-11-18-26(25(33)24(20)23-19(13-35)22(36)5-4-21(23)34)37-29(43-15-30-7-2-9-40(30)14-17(32)12-30)38-27(18)39-8-1-3-16(6-10-39)28(41)42/h4-5,11,16-17H,1-3,6-10,12,14-15,36H2,(H,41,42)/t16?,17-,30+/m1/s1. The molecule has 1 unspecified atom stereocenters. The van der Waals surface area contributed by atoms with Crippen LogP contribution in [0.25, 0.3) is 22.0 Å². The minimum absolute atomic E-state index is 0.00329. The van der Waals surface area contributed by atoms with Crippen LogP contribution in [-0.2, 0) is 4.79 Å². The Morgan fingerprint density at radius 2 is 2.07 bits per heavy atom. The molecule has 4 heterocycles. The third kappa shape index (κ3) is 5.44. The van der Waals surface area contributed by atoms with E-state index in [1.807, 2.05) is 27.5 Å². The van der Waals surface area contributed by atoms with Crippen LogP contribution in [0.4, 0.5) is 20.3 Å². The van der Waals surface area contributed by atoms with Gasteiger partial charge in [0.1, 0.15) is 30.2 Å². The van der Waals surface area contributed by atoms with Gasteiger partial charge in [0, 0.05) is 46.1 Å². The number of halogens is 4. The van der Waals surface area contributed by atoms with Gasteiger partial charge in [-0.2, -0.15) is 15.2 Å². The number of aliphatic carboxylic acids is 1. The van der Waals surface area contributed by atoms with Gasteiger partial charge >= 0.3 is 12.0 Å². The molecule has 3 saturated heterocycles. The molecule has 3 atom stereocenters. The summed E-state index contributed by atoms with van der Waals surface area (Å²) in [6.45, 7) is 2.21. The number of ether oxygens (including phenoxy) is 1. The smallest absolute Gasteiger partial charge is 0.319 e. The molecule has 3 aromatic rings. The van der Waals surface area contributed by atoms with Crippen LogP contribution in [0.15, 0.2) is 18.2 Å². The molecule has 0 amide bonds. The van der Waals surface area contributed by atoms with Crippen molar-refractivity contribution in [1.29, 1.82) is 5.26 Å². The fourth-order valence-electron chi connectivity index (χ4n) is 6.86. The van der Waals surface area contributed by atoms with E-state index in [-0.39, 0.29) is 45.5 Å². The Bertz CT molecular complexity index is 1650. The predicted octanol–water partition coefficient (Wildman–Crippen LogP) is 5.79. The Kier molecular flexibility index (Phi) is 8.25. The second-order valence-electron chi connectivity index (χ2n) is 11.6. The van der Waals surface area contributed by atoms with Crippen molar-refractivity contribution in [3.05, 3.63) is 38.2 Å². The van der Waals surface area contributed by atoms with E-state index >= 15 is 4.39 Å². The fourth-order valence-corrected chi connectivity index (χ4v) is 7.86. The number of hydrogen-bond acceptors (Lipinski definition) is 8. The van der Waals surface area contributed by atoms with Crippen LogP contribution in [0.2, 0.25) is 5.02 Å². The van der Waals surface area contributed by atoms with Crippen LogP contribution < -0.4 is 15.4 Å². The van der Waals surface area contributed by atoms with E-state index in [4.69, 9.17) is 27.1 Å². The highest BCUT2D eigenvalue weighted by Gasteiger charge is 2.49. The van der Waals surface area contributed by atoms with Crippen LogP contribution in [0.5, 0.6) is 6.01 Å². The van der Waals surface area contributed by atoms with Crippen molar-refractivity contribution in [3.63, 3.8) is 0 Å². The lowest BCUT2D eigenvalue weighted by molar-refractivity contribution is -0.142. The molecule has 3 N–H and O–H groups in total. The molecule has 0 saturated carbocycles. The normalized spacial score (nSPS) is 24.1. The number of benzene rings is 2. The van der Waals surface area contributed by atoms with Gasteiger partial charge in [-0.15, -0.1) is 0 Å². The number of carboxylic acid groups (broad SMARTS) is 1. The van der Waals surface area contributed by atoms with Crippen molar-refractivity contribution in [2.24, 2.45) is 5.92 Å². The summed E-state index contributed by atoms with van der Waals surface area (Å²) in [5, 5.41) is 19.9. The molecule has 2 aromatic carbocycles. The monoisotopic (exact) mass is 722 g/mol. The summed E-state index contributed by atoms with van der Waals surface area (Å²) in [5.41, 5.74) is 6.14. The number of fused-ring (bicyclic) bond motifs is 2. The minimum atomic E-state index is -0.937. The molecule has 0 spiro atoms. The first-order valence-electron chi connectivity index (χ1n) is 14.3. The number of nitrogens with two attached hydrogens (primary N) is 1. The third-order valence-corrected chi connectivity index (χ3v) is 10.2. The lowest BCUT2D eigenvalue weighted by atomic mass is 9.95. The molecule has 3 fully saturated rings. The van der Waals surface area contributed by atoms with Gasteiger partial charge in [0.05, 0.1) is 27.7 Å². The van der Waals surface area contributed by atoms with Crippen molar-refractivity contribution in [2.75, 3.05) is 43.4 Å². The summed E-state index contributed by atoms with van der Waals surface area (Å²) in [6, 6.07) is 6.87. The molecule has 43 heavy (non-hydrogen) atoms. The summed E-state index contributed by atoms with van der Waals surface area (Å²) in [5.74, 6) is -1.69. The zero-order valence-corrected chi connectivity index (χ0v) is 26.2. The second-order valence-corrected chi connectivity index (χ2v) is 13.2. The molecule has 3 aliphatic heterocycles. The van der Waals surface area contributed by atoms with Gasteiger partial charge in [0.2, 0.25) is 0 Å². The van der Waals surface area contributed by atoms with Crippen molar-refractivity contribution in [1.82, 2.24) is 14.9 Å². The van der Waals surface area contributed by atoms with E-state index in [1.165, 1.54) is 0 Å². The quantitative estimate of drug-likeness (QED) is 0.240. The maximum atomic E-state index is 16.7. The maximum absolute atomic E-state index is 16.7. The number of anilines is 2. The largest absolute Gasteiger partial charge is 0.481 e. The Morgan fingerprint density at radius 3 is 2.84 bits per heavy atom. The van der Waals surface area contributed by atoms with Crippen LogP contribution in [0.1, 0.15) is 44.1 Å². The molecule has 0 bridgehead atoms. The van der Waals surface area contributed by atoms with E-state index in [2.05, 4.69) is 16.0 Å². The maximum Gasteiger partial charge on any atom is 0.319 e. The molecule has 6 rings (SSSR count). The molecule has 0 aliphatic carbocycles. The average Bonchev–Trinajstić information content (AvgIpc) is 3.37. The highest BCUT2D eigenvalue weighted by atomic mass is 127. The minimum Gasteiger partial charge on any atom is -0.481 e. The number of nitrogens with zero attached hydrogens (tertiary/aromatic N) is 5. The van der Waals surface area contributed by atoms with E-state index in [0.717, 1.165) is 19.4 Å². The predicted molar refractivity (Wildman–Crippen MR) is 168 cm³/mol. The Balaban J connectivity index is 1.48. The summed E-state index contributed by atoms with van der Waals surface area (Å²) in [7, 11) is 0. The average molecular weight is 723 g/mol. The number of carbonyl (C=O) groups is 1. The molecule has 13 heteroatoms. The van der Waals surface area contributed by atoms with E-state index in [9.17, 15) is 19.6 Å². The number of carboxylic acids is 1. The SMILES string of the molecule is N#Cc1c(N)ccc(I)c1-c1c(Cl)cc2c(N3CCCC(C(=O)O)CC3)nc(OC[C@@]34CCCN3C[C@H](F)C4)nc2c1F. The lowest BCUT2D eigenvalue weighted by Gasteiger charge is -2.31. The molecule has 1 aromatic heterocycles. The first kappa shape index (κ1) is 30.0. The number of aromatic nitrogens is 2. The van der Waals surface area contributed by atoms with E-state index < -0.39 is 29.4 Å². The summed E-state index contributed by atoms with van der Waals surface area (Å²) in [6.07, 6.45) is 2.67. The topological polar surface area (TPSA) is 129 Å². The van der Waals surface area contributed by atoms with Gasteiger partial charge in [-0.25, -0.2) is 8.78 Å². The number of hydrogen-bond donors (Lipinski definition) is 2. The Morgan fingerprint density at radius 1 is 1.26 bits per heavy atom. The summed E-state index contributed by atoms with van der Waals surface area (Å²) < 4.78 is 37.8. The molecule has 0 radical (unpaired) electrons. The number of nitrogen functional groups attached to an aromatic ring is 1. The van der Waals surface area contributed by atoms with Gasteiger partial charge in [-0.05, 0) is 79.4 Å². The third-order valence-electron chi connectivity index (χ3n) is 9.00. The Labute approximate surface area is 266 Å². The van der Waals surface area contributed by atoms with Crippen molar-refractivity contribution < 1.29 is 23.4 Å². The van der Waals surface area contributed by atoms with Gasteiger partial charge in [-0.1, -0.05) is 11.6 Å². The molecule has 3 aliphatic rings. The summed E-state index contributed by atoms with van der Waals surface area (Å²) >= 11 is 8.76. The van der Waals surface area contributed by atoms with E-state index in [0.29, 0.717) is 60.1 Å². The van der Waals surface area contributed by atoms with Gasteiger partial charge in [-0.3, -0.25) is 9.69 Å². The number of rotatable bonds is 6. The molecule has 9 nitrogen and oxygen atoms in total. The first-order chi connectivity index (χ1) is 20.6. The van der Waals surface area contributed by atoms with E-state index in [1.54, 1.807) is 18.2 Å². The fraction of sp³-hybridized carbons (Fsp3) is 0.467. The molecular weight excluding hydrogens is 693 g/mol.